The van der Waals surface area contributed by atoms with Crippen molar-refractivity contribution in [1.82, 2.24) is 5.32 Å². The maximum atomic E-state index is 10.3. The Balaban J connectivity index is 2.26. The molecule has 60 valence electrons. The van der Waals surface area contributed by atoms with Crippen LogP contribution in [-0.4, -0.2) is 27.3 Å². The molecule has 1 heterocycles. The SMILES string of the molecule is O=[SH](=O)CC1CCNCC1. The molecule has 1 fully saturated rings. The number of thiol groups is 1. The summed E-state index contributed by atoms with van der Waals surface area (Å²) in [5, 5.41) is 3.19. The predicted octanol–water partition coefficient (Wildman–Crippen LogP) is -0.403. The van der Waals surface area contributed by atoms with Crippen molar-refractivity contribution in [2.75, 3.05) is 18.8 Å². The van der Waals surface area contributed by atoms with Crippen LogP contribution in [0.4, 0.5) is 0 Å². The van der Waals surface area contributed by atoms with Crippen LogP contribution in [-0.2, 0) is 10.7 Å². The normalized spacial score (nSPS) is 21.7. The largest absolute Gasteiger partial charge is 0.317 e. The van der Waals surface area contributed by atoms with E-state index in [4.69, 9.17) is 0 Å². The third-order valence-corrected chi connectivity index (χ3v) is 2.68. The molecule has 1 aliphatic rings. The Kier molecular flexibility index (Phi) is 3.15. The lowest BCUT2D eigenvalue weighted by Gasteiger charge is -2.19. The molecular weight excluding hydrogens is 150 g/mol. The second-order valence-electron chi connectivity index (χ2n) is 2.71. The molecule has 1 saturated heterocycles. The maximum absolute atomic E-state index is 10.3. The van der Waals surface area contributed by atoms with Gasteiger partial charge >= 0.3 is 0 Å². The molecule has 0 aromatic rings. The van der Waals surface area contributed by atoms with E-state index in [0.717, 1.165) is 25.9 Å². The number of hydrogen-bond donors (Lipinski definition) is 2. The van der Waals surface area contributed by atoms with Crippen molar-refractivity contribution in [3.8, 4) is 0 Å². The van der Waals surface area contributed by atoms with Crippen LogP contribution in [0, 0.1) is 5.92 Å². The molecule has 0 amide bonds. The first kappa shape index (κ1) is 8.01. The fraction of sp³-hybridized carbons (Fsp3) is 1.00. The summed E-state index contributed by atoms with van der Waals surface area (Å²) in [6.45, 7) is 1.96. The first-order valence-electron chi connectivity index (χ1n) is 3.61. The average Bonchev–Trinajstić information content (AvgIpc) is 1.88. The summed E-state index contributed by atoms with van der Waals surface area (Å²) in [5.74, 6) is 0.805. The van der Waals surface area contributed by atoms with Crippen molar-refractivity contribution in [3.05, 3.63) is 0 Å². The van der Waals surface area contributed by atoms with Crippen LogP contribution in [0.1, 0.15) is 12.8 Å². The zero-order valence-corrected chi connectivity index (χ0v) is 6.77. The third-order valence-electron chi connectivity index (χ3n) is 1.87. The zero-order chi connectivity index (χ0) is 7.40. The number of piperidine rings is 1. The van der Waals surface area contributed by atoms with Crippen molar-refractivity contribution >= 4 is 10.7 Å². The lowest BCUT2D eigenvalue weighted by atomic mass is 10.0. The van der Waals surface area contributed by atoms with Gasteiger partial charge in [0.15, 0.2) is 0 Å². The maximum Gasteiger partial charge on any atom is 0.140 e. The Labute approximate surface area is 62.8 Å². The first-order chi connectivity index (χ1) is 4.79. The molecule has 1 aliphatic heterocycles. The summed E-state index contributed by atoms with van der Waals surface area (Å²) in [7, 11) is -2.15. The van der Waals surface area contributed by atoms with Crippen LogP contribution < -0.4 is 5.32 Å². The van der Waals surface area contributed by atoms with Gasteiger partial charge in [0.1, 0.15) is 10.7 Å². The number of nitrogens with one attached hydrogen (secondary N) is 1. The lowest BCUT2D eigenvalue weighted by Crippen LogP contribution is -2.29. The molecule has 0 spiro atoms. The Morgan fingerprint density at radius 1 is 1.30 bits per heavy atom. The molecule has 10 heavy (non-hydrogen) atoms. The van der Waals surface area contributed by atoms with Crippen LogP contribution in [0.15, 0.2) is 0 Å². The fourth-order valence-corrected chi connectivity index (χ4v) is 2.06. The molecule has 0 unspecified atom stereocenters. The second kappa shape index (κ2) is 3.93. The van der Waals surface area contributed by atoms with Crippen LogP contribution in [0.2, 0.25) is 0 Å². The highest BCUT2D eigenvalue weighted by atomic mass is 32.2. The summed E-state index contributed by atoms with van der Waals surface area (Å²) < 4.78 is 20.6. The standard InChI is InChI=1S/C6H13NO2S/c8-10(9)5-6-1-3-7-4-2-6/h6-7,10H,1-5H2. The molecule has 0 atom stereocenters. The molecule has 1 N–H and O–H groups in total. The Morgan fingerprint density at radius 2 is 1.90 bits per heavy atom. The van der Waals surface area contributed by atoms with Gasteiger partial charge in [-0.1, -0.05) is 0 Å². The van der Waals surface area contributed by atoms with Gasteiger partial charge in [0.25, 0.3) is 0 Å². The van der Waals surface area contributed by atoms with Crippen molar-refractivity contribution in [2.24, 2.45) is 5.92 Å². The van der Waals surface area contributed by atoms with E-state index in [1.165, 1.54) is 0 Å². The van der Waals surface area contributed by atoms with E-state index in [1.54, 1.807) is 0 Å². The van der Waals surface area contributed by atoms with Gasteiger partial charge in [-0.25, -0.2) is 8.42 Å². The van der Waals surface area contributed by atoms with Crippen molar-refractivity contribution in [1.29, 1.82) is 0 Å². The van der Waals surface area contributed by atoms with Gasteiger partial charge in [-0.3, -0.25) is 0 Å². The van der Waals surface area contributed by atoms with Gasteiger partial charge in [0.2, 0.25) is 0 Å². The molecule has 0 radical (unpaired) electrons. The molecular formula is C6H13NO2S. The molecule has 0 aliphatic carbocycles. The van der Waals surface area contributed by atoms with E-state index >= 15 is 0 Å². The minimum Gasteiger partial charge on any atom is -0.317 e. The summed E-state index contributed by atoms with van der Waals surface area (Å²) in [5.41, 5.74) is 0. The van der Waals surface area contributed by atoms with Crippen molar-refractivity contribution in [2.45, 2.75) is 12.8 Å². The fourth-order valence-electron chi connectivity index (χ4n) is 1.28. The van der Waals surface area contributed by atoms with Crippen molar-refractivity contribution in [3.63, 3.8) is 0 Å². The first-order valence-corrected chi connectivity index (χ1v) is 4.98. The molecule has 0 saturated carbocycles. The van der Waals surface area contributed by atoms with Crippen LogP contribution >= 0.6 is 0 Å². The van der Waals surface area contributed by atoms with Gasteiger partial charge in [-0.05, 0) is 31.8 Å². The number of hydrogen-bond acceptors (Lipinski definition) is 3. The smallest absolute Gasteiger partial charge is 0.140 e. The molecule has 0 aromatic carbocycles. The van der Waals surface area contributed by atoms with Crippen LogP contribution in [0.25, 0.3) is 0 Å². The van der Waals surface area contributed by atoms with Crippen molar-refractivity contribution < 1.29 is 8.42 Å². The predicted molar refractivity (Wildman–Crippen MR) is 40.8 cm³/mol. The summed E-state index contributed by atoms with van der Waals surface area (Å²) >= 11 is 0. The van der Waals surface area contributed by atoms with Gasteiger partial charge in [0.05, 0.1) is 5.75 Å². The van der Waals surface area contributed by atoms with E-state index in [1.807, 2.05) is 0 Å². The lowest BCUT2D eigenvalue weighted by molar-refractivity contribution is 0.403. The minimum absolute atomic E-state index is 0.386. The molecule has 4 heteroatoms. The summed E-state index contributed by atoms with van der Waals surface area (Å²) in [4.78, 5) is 0. The zero-order valence-electron chi connectivity index (χ0n) is 5.88. The highest BCUT2D eigenvalue weighted by molar-refractivity contribution is 7.72. The van der Waals surface area contributed by atoms with Gasteiger partial charge in [0, 0.05) is 0 Å². The second-order valence-corrected chi connectivity index (χ2v) is 3.74. The minimum atomic E-state index is -2.15. The van der Waals surface area contributed by atoms with E-state index in [-0.39, 0.29) is 0 Å². The quantitative estimate of drug-likeness (QED) is 0.544. The Morgan fingerprint density at radius 3 is 2.40 bits per heavy atom. The van der Waals surface area contributed by atoms with Gasteiger partial charge < -0.3 is 5.32 Å². The summed E-state index contributed by atoms with van der Waals surface area (Å²) in [6.07, 6.45) is 2.03. The summed E-state index contributed by atoms with van der Waals surface area (Å²) in [6, 6.07) is 0. The van der Waals surface area contributed by atoms with Gasteiger partial charge in [-0.2, -0.15) is 0 Å². The van der Waals surface area contributed by atoms with Gasteiger partial charge in [-0.15, -0.1) is 0 Å². The molecule has 1 rings (SSSR count). The Hall–Kier alpha value is -0.0900. The highest BCUT2D eigenvalue weighted by Crippen LogP contribution is 2.10. The molecule has 0 aromatic heterocycles. The Bertz CT molecular complexity index is 153. The van der Waals surface area contributed by atoms with Crippen LogP contribution in [0.3, 0.4) is 0 Å². The van der Waals surface area contributed by atoms with E-state index in [2.05, 4.69) is 5.32 Å². The molecule has 3 nitrogen and oxygen atoms in total. The average molecular weight is 163 g/mol. The third kappa shape index (κ3) is 2.66. The number of rotatable bonds is 2. The van der Waals surface area contributed by atoms with E-state index in [0.29, 0.717) is 11.7 Å². The van der Waals surface area contributed by atoms with E-state index in [9.17, 15) is 8.42 Å². The topological polar surface area (TPSA) is 46.2 Å². The van der Waals surface area contributed by atoms with Crippen LogP contribution in [0.5, 0.6) is 0 Å². The molecule has 0 bridgehead atoms. The monoisotopic (exact) mass is 163 g/mol. The highest BCUT2D eigenvalue weighted by Gasteiger charge is 2.12. The van der Waals surface area contributed by atoms with E-state index < -0.39 is 10.7 Å².